The van der Waals surface area contributed by atoms with Crippen LogP contribution < -0.4 is 0 Å². The average molecular weight is 332 g/mol. The van der Waals surface area contributed by atoms with E-state index in [2.05, 4.69) is 27.8 Å². The molecule has 0 saturated heterocycles. The topological polar surface area (TPSA) is 33.1 Å². The molecule has 1 unspecified atom stereocenters. The lowest BCUT2D eigenvalue weighted by atomic mass is 10.2. The minimum Gasteiger partial charge on any atom is -0.387 e. The number of halogens is 1. The first-order valence-corrected chi connectivity index (χ1v) is 7.76. The number of nitrogens with zero attached hydrogens (tertiary/aromatic N) is 1. The zero-order valence-electron chi connectivity index (χ0n) is 9.95. The van der Waals surface area contributed by atoms with E-state index in [0.29, 0.717) is 6.42 Å². The first kappa shape index (κ1) is 13.2. The smallest absolute Gasteiger partial charge is 0.0960 e. The Morgan fingerprint density at radius 1 is 1.35 bits per heavy atom. The standard InChI is InChI=1S/C12H14BrNOS2/c1-6-4-10(17-12(6)13)9(15)5-11-14-7(2)8(3)16-11/h4,9,15H,5H2,1-3H3. The van der Waals surface area contributed by atoms with E-state index in [1.165, 1.54) is 10.4 Å². The summed E-state index contributed by atoms with van der Waals surface area (Å²) in [7, 11) is 0. The minimum atomic E-state index is -0.449. The number of thiophene rings is 1. The molecule has 0 aliphatic rings. The quantitative estimate of drug-likeness (QED) is 0.915. The molecule has 1 atom stereocenters. The Morgan fingerprint density at radius 2 is 2.06 bits per heavy atom. The Kier molecular flexibility index (Phi) is 4.02. The summed E-state index contributed by atoms with van der Waals surface area (Å²) in [4.78, 5) is 6.69. The third-order valence-corrected chi connectivity index (χ3v) is 5.98. The van der Waals surface area contributed by atoms with Crippen LogP contribution in [0.25, 0.3) is 0 Å². The van der Waals surface area contributed by atoms with Gasteiger partial charge < -0.3 is 5.11 Å². The first-order valence-electron chi connectivity index (χ1n) is 5.34. The molecule has 17 heavy (non-hydrogen) atoms. The van der Waals surface area contributed by atoms with E-state index < -0.39 is 6.10 Å². The molecular formula is C12H14BrNOS2. The van der Waals surface area contributed by atoms with Crippen LogP contribution in [0.5, 0.6) is 0 Å². The van der Waals surface area contributed by atoms with Crippen molar-refractivity contribution in [3.05, 3.63) is 35.9 Å². The van der Waals surface area contributed by atoms with Gasteiger partial charge in [0.2, 0.25) is 0 Å². The van der Waals surface area contributed by atoms with Crippen molar-refractivity contribution in [2.24, 2.45) is 0 Å². The molecule has 0 radical (unpaired) electrons. The van der Waals surface area contributed by atoms with Crippen LogP contribution in [0.1, 0.15) is 32.1 Å². The van der Waals surface area contributed by atoms with Gasteiger partial charge in [-0.3, -0.25) is 0 Å². The van der Waals surface area contributed by atoms with Gasteiger partial charge in [-0.1, -0.05) is 0 Å². The SMILES string of the molecule is Cc1cc(C(O)Cc2nc(C)c(C)s2)sc1Br. The molecule has 0 saturated carbocycles. The molecule has 0 aromatic carbocycles. The number of hydrogen-bond acceptors (Lipinski definition) is 4. The van der Waals surface area contributed by atoms with Gasteiger partial charge in [-0.15, -0.1) is 22.7 Å². The van der Waals surface area contributed by atoms with E-state index in [1.807, 2.05) is 19.9 Å². The second-order valence-electron chi connectivity index (χ2n) is 4.07. The highest BCUT2D eigenvalue weighted by molar-refractivity contribution is 9.11. The number of hydrogen-bond donors (Lipinski definition) is 1. The summed E-state index contributed by atoms with van der Waals surface area (Å²) < 4.78 is 1.10. The average Bonchev–Trinajstić information content (AvgIpc) is 2.73. The molecule has 2 heterocycles. The minimum absolute atomic E-state index is 0.449. The molecule has 0 aliphatic carbocycles. The predicted molar refractivity (Wildman–Crippen MR) is 77.0 cm³/mol. The number of aromatic nitrogens is 1. The van der Waals surface area contributed by atoms with Crippen molar-refractivity contribution in [2.45, 2.75) is 33.3 Å². The van der Waals surface area contributed by atoms with Gasteiger partial charge in [0.25, 0.3) is 0 Å². The van der Waals surface area contributed by atoms with Crippen LogP contribution in [0, 0.1) is 20.8 Å². The van der Waals surface area contributed by atoms with Gasteiger partial charge in [0.15, 0.2) is 0 Å². The molecule has 92 valence electrons. The predicted octanol–water partition coefficient (Wildman–Crippen LogP) is 4.17. The van der Waals surface area contributed by atoms with E-state index in [-0.39, 0.29) is 0 Å². The van der Waals surface area contributed by atoms with Crippen LogP contribution in [0.2, 0.25) is 0 Å². The van der Waals surface area contributed by atoms with E-state index >= 15 is 0 Å². The Hall–Kier alpha value is -0.230. The highest BCUT2D eigenvalue weighted by atomic mass is 79.9. The highest BCUT2D eigenvalue weighted by Gasteiger charge is 2.15. The van der Waals surface area contributed by atoms with Crippen LogP contribution in [0.3, 0.4) is 0 Å². The lowest BCUT2D eigenvalue weighted by Gasteiger charge is -2.05. The molecule has 2 aromatic rings. The number of aryl methyl sites for hydroxylation is 3. The van der Waals surface area contributed by atoms with Gasteiger partial charge in [0.1, 0.15) is 0 Å². The third kappa shape index (κ3) is 2.96. The molecule has 1 N–H and O–H groups in total. The summed E-state index contributed by atoms with van der Waals surface area (Å²) in [5, 5.41) is 11.2. The molecule has 2 nitrogen and oxygen atoms in total. The van der Waals surface area contributed by atoms with Crippen molar-refractivity contribution >= 4 is 38.6 Å². The summed E-state index contributed by atoms with van der Waals surface area (Å²) in [6.07, 6.45) is 0.154. The van der Waals surface area contributed by atoms with Gasteiger partial charge in [-0.2, -0.15) is 0 Å². The summed E-state index contributed by atoms with van der Waals surface area (Å²) in [6, 6.07) is 2.03. The van der Waals surface area contributed by atoms with Crippen molar-refractivity contribution in [1.82, 2.24) is 4.98 Å². The maximum absolute atomic E-state index is 10.2. The highest BCUT2D eigenvalue weighted by Crippen LogP contribution is 2.33. The van der Waals surface area contributed by atoms with E-state index in [4.69, 9.17) is 0 Å². The zero-order valence-corrected chi connectivity index (χ0v) is 13.2. The fourth-order valence-corrected chi connectivity index (χ4v) is 4.07. The fourth-order valence-electron chi connectivity index (χ4n) is 1.54. The Bertz CT molecular complexity index is 494. The van der Waals surface area contributed by atoms with E-state index in [9.17, 15) is 5.11 Å². The molecule has 0 amide bonds. The molecule has 0 aliphatic heterocycles. The normalized spacial score (nSPS) is 13.0. The molecule has 5 heteroatoms. The van der Waals surface area contributed by atoms with Gasteiger partial charge in [0.05, 0.1) is 20.6 Å². The Morgan fingerprint density at radius 3 is 2.53 bits per heavy atom. The zero-order chi connectivity index (χ0) is 12.6. The number of thiazole rings is 1. The van der Waals surface area contributed by atoms with Crippen molar-refractivity contribution in [1.29, 1.82) is 0 Å². The number of rotatable bonds is 3. The van der Waals surface area contributed by atoms with Crippen molar-refractivity contribution in [3.63, 3.8) is 0 Å². The maximum atomic E-state index is 10.2. The maximum Gasteiger partial charge on any atom is 0.0960 e. The monoisotopic (exact) mass is 331 g/mol. The van der Waals surface area contributed by atoms with Crippen molar-refractivity contribution in [2.75, 3.05) is 0 Å². The Balaban J connectivity index is 2.13. The second-order valence-corrected chi connectivity index (χ2v) is 7.76. The van der Waals surface area contributed by atoms with Crippen LogP contribution in [-0.4, -0.2) is 10.1 Å². The van der Waals surface area contributed by atoms with Crippen molar-refractivity contribution < 1.29 is 5.11 Å². The molecule has 0 spiro atoms. The molecule has 2 rings (SSSR count). The van der Waals surface area contributed by atoms with Crippen LogP contribution in [0.4, 0.5) is 0 Å². The number of aliphatic hydroxyl groups excluding tert-OH is 1. The molecule has 0 fully saturated rings. The van der Waals surface area contributed by atoms with Crippen LogP contribution in [-0.2, 0) is 6.42 Å². The number of aliphatic hydroxyl groups is 1. The summed E-state index contributed by atoms with van der Waals surface area (Å²) >= 11 is 6.75. The van der Waals surface area contributed by atoms with Crippen molar-refractivity contribution in [3.8, 4) is 0 Å². The van der Waals surface area contributed by atoms with Gasteiger partial charge >= 0.3 is 0 Å². The fraction of sp³-hybridized carbons (Fsp3) is 0.417. The largest absolute Gasteiger partial charge is 0.387 e. The van der Waals surface area contributed by atoms with E-state index in [1.54, 1.807) is 22.7 Å². The van der Waals surface area contributed by atoms with E-state index in [0.717, 1.165) is 19.4 Å². The summed E-state index contributed by atoms with van der Waals surface area (Å²) in [6.45, 7) is 6.11. The molecule has 0 bridgehead atoms. The summed E-state index contributed by atoms with van der Waals surface area (Å²) in [5.41, 5.74) is 2.25. The van der Waals surface area contributed by atoms with Gasteiger partial charge in [-0.05, 0) is 48.3 Å². The second kappa shape index (κ2) is 5.18. The Labute approximate surface area is 117 Å². The third-order valence-electron chi connectivity index (χ3n) is 2.65. The lowest BCUT2D eigenvalue weighted by Crippen LogP contribution is -1.99. The van der Waals surface area contributed by atoms with Gasteiger partial charge in [-0.25, -0.2) is 4.98 Å². The van der Waals surface area contributed by atoms with Crippen LogP contribution in [0.15, 0.2) is 9.85 Å². The summed E-state index contributed by atoms with van der Waals surface area (Å²) in [5.74, 6) is 0. The molecule has 2 aromatic heterocycles. The lowest BCUT2D eigenvalue weighted by molar-refractivity contribution is 0.182. The van der Waals surface area contributed by atoms with Gasteiger partial charge in [0, 0.05) is 16.2 Å². The first-order chi connectivity index (χ1) is 7.97. The van der Waals surface area contributed by atoms with Crippen LogP contribution >= 0.6 is 38.6 Å². The molecular weight excluding hydrogens is 318 g/mol.